The van der Waals surface area contributed by atoms with Gasteiger partial charge in [-0.2, -0.15) is 8.42 Å². The van der Waals surface area contributed by atoms with Gasteiger partial charge in [-0.05, 0) is 19.4 Å². The summed E-state index contributed by atoms with van der Waals surface area (Å²) in [4.78, 5) is 10.8. The quantitative estimate of drug-likeness (QED) is 0.401. The van der Waals surface area contributed by atoms with E-state index < -0.39 is 14.3 Å². The molecule has 4 nitrogen and oxygen atoms in total. The molecule has 0 N–H and O–H groups in total. The number of rotatable bonds is 4. The van der Waals surface area contributed by atoms with Gasteiger partial charge in [0.15, 0.2) is 0 Å². The average molecular weight is 234 g/mol. The van der Waals surface area contributed by atoms with E-state index in [1.54, 1.807) is 0 Å². The van der Waals surface area contributed by atoms with Crippen molar-refractivity contribution >= 4 is 54.6 Å². The number of carbonyl (C=O) groups excluding carboxylic acids is 1. The molecule has 0 aromatic carbocycles. The molecule has 0 radical (unpaired) electrons. The fraction of sp³-hybridized carbons (Fsp3) is 0.500. The van der Waals surface area contributed by atoms with Gasteiger partial charge in [-0.1, -0.05) is 6.58 Å². The molecule has 0 aromatic heterocycles. The molecule has 0 aromatic rings. The summed E-state index contributed by atoms with van der Waals surface area (Å²) in [6, 6.07) is 0. The summed E-state index contributed by atoms with van der Waals surface area (Å²) in [6.45, 7) is 6.31. The Balaban J connectivity index is 0. The third-order valence-electron chi connectivity index (χ3n) is 0.788. The Morgan fingerprint density at radius 2 is 2.00 bits per heavy atom. The van der Waals surface area contributed by atoms with Crippen LogP contribution in [-0.4, -0.2) is 49.7 Å². The van der Waals surface area contributed by atoms with Crippen LogP contribution in [-0.2, 0) is 18.1 Å². The van der Waals surface area contributed by atoms with Crippen LogP contribution >= 0.6 is 10.8 Å². The van der Waals surface area contributed by atoms with Gasteiger partial charge in [-0.3, -0.25) is 8.98 Å². The van der Waals surface area contributed by atoms with Crippen LogP contribution in [0.4, 0.5) is 0 Å². The predicted molar refractivity (Wildman–Crippen MR) is 55.1 cm³/mol. The molecule has 0 rings (SSSR count). The van der Waals surface area contributed by atoms with E-state index in [2.05, 4.69) is 10.8 Å². The van der Waals surface area contributed by atoms with E-state index in [1.165, 1.54) is 13.8 Å². The minimum absolute atomic E-state index is 0. The molecule has 0 atom stereocenters. The molecule has 0 fully saturated rings. The Bertz CT molecular complexity index is 283. The van der Waals surface area contributed by atoms with Gasteiger partial charge in [0, 0.05) is 0 Å². The minimum atomic E-state index is -3.77. The van der Waals surface area contributed by atoms with E-state index in [1.807, 2.05) is 0 Å². The molecule has 0 aliphatic rings. The fourth-order valence-electron chi connectivity index (χ4n) is 0.332. The summed E-state index contributed by atoms with van der Waals surface area (Å²) in [5.74, 6) is 0. The Labute approximate surface area is 104 Å². The third-order valence-corrected chi connectivity index (χ3v) is 3.37. The molecule has 0 heterocycles. The van der Waals surface area contributed by atoms with Gasteiger partial charge < -0.3 is 0 Å². The van der Waals surface area contributed by atoms with Gasteiger partial charge >= 0.3 is 38.7 Å². The first-order valence-electron chi connectivity index (χ1n) is 3.17. The standard InChI is InChI=1S/C6H10O4S2.Na.H/c1-4-10-12(8,9)11-6(7)5(2)3;;/h2,4H2,1,3H3;;. The van der Waals surface area contributed by atoms with Crippen molar-refractivity contribution in [1.82, 2.24) is 0 Å². The first-order chi connectivity index (χ1) is 5.39. The van der Waals surface area contributed by atoms with Gasteiger partial charge in [0.1, 0.15) is 0 Å². The third kappa shape index (κ3) is 7.72. The Kier molecular flexibility index (Phi) is 8.71. The summed E-state index contributed by atoms with van der Waals surface area (Å²) in [5.41, 5.74) is 0.184. The topological polar surface area (TPSA) is 60.4 Å². The summed E-state index contributed by atoms with van der Waals surface area (Å²) in [6.07, 6.45) is 0. The van der Waals surface area contributed by atoms with Gasteiger partial charge in [0.05, 0.1) is 17.4 Å². The molecule has 13 heavy (non-hydrogen) atoms. The SMILES string of the molecule is C=C(C)C(=O)SS(=O)(=O)OCC.[NaH]. The van der Waals surface area contributed by atoms with Crippen LogP contribution in [0.3, 0.4) is 0 Å². The molecule has 0 aliphatic carbocycles. The Morgan fingerprint density at radius 1 is 1.54 bits per heavy atom. The molecule has 0 saturated heterocycles. The van der Waals surface area contributed by atoms with Crippen molar-refractivity contribution in [2.45, 2.75) is 13.8 Å². The van der Waals surface area contributed by atoms with E-state index in [4.69, 9.17) is 0 Å². The van der Waals surface area contributed by atoms with Crippen LogP contribution in [0.5, 0.6) is 0 Å². The van der Waals surface area contributed by atoms with Gasteiger partial charge in [0.2, 0.25) is 5.12 Å². The first-order valence-corrected chi connectivity index (χ1v) is 5.92. The Morgan fingerprint density at radius 3 is 2.31 bits per heavy atom. The summed E-state index contributed by atoms with van der Waals surface area (Å²) in [7, 11) is -3.62. The normalized spacial score (nSPS) is 10.3. The van der Waals surface area contributed by atoms with E-state index in [-0.39, 0.29) is 52.5 Å². The van der Waals surface area contributed by atoms with Crippen molar-refractivity contribution in [3.8, 4) is 0 Å². The van der Waals surface area contributed by atoms with Gasteiger partial charge in [0.25, 0.3) is 0 Å². The molecule has 72 valence electrons. The summed E-state index contributed by atoms with van der Waals surface area (Å²) < 4.78 is 26.0. The number of carbonyl (C=O) groups is 1. The number of hydrogen-bond donors (Lipinski definition) is 0. The monoisotopic (exact) mass is 234 g/mol. The zero-order valence-corrected chi connectivity index (χ0v) is 8.50. The molecule has 0 bridgehead atoms. The fourth-order valence-corrected chi connectivity index (χ4v) is 2.41. The second-order valence-electron chi connectivity index (χ2n) is 1.97. The van der Waals surface area contributed by atoms with Crippen LogP contribution in [0.1, 0.15) is 13.8 Å². The molecular weight excluding hydrogens is 223 g/mol. The van der Waals surface area contributed by atoms with E-state index >= 15 is 0 Å². The molecule has 0 aliphatic heterocycles. The first kappa shape index (κ1) is 16.1. The molecule has 0 saturated carbocycles. The van der Waals surface area contributed by atoms with Crippen LogP contribution in [0, 0.1) is 0 Å². The van der Waals surface area contributed by atoms with Gasteiger partial charge in [-0.15, -0.1) is 0 Å². The predicted octanol–water partition coefficient (Wildman–Crippen LogP) is 0.455. The van der Waals surface area contributed by atoms with Gasteiger partial charge in [-0.25, -0.2) is 0 Å². The molecule has 7 heteroatoms. The molecule has 0 spiro atoms. The second kappa shape index (κ2) is 7.03. The van der Waals surface area contributed by atoms with Crippen molar-refractivity contribution in [3.05, 3.63) is 12.2 Å². The summed E-state index contributed by atoms with van der Waals surface area (Å²) >= 11 is 0. The van der Waals surface area contributed by atoms with Crippen LogP contribution in [0.15, 0.2) is 12.2 Å². The molecular formula is C6H11NaO4S2. The van der Waals surface area contributed by atoms with Crippen molar-refractivity contribution in [3.63, 3.8) is 0 Å². The Hall–Kier alpha value is 0.670. The van der Waals surface area contributed by atoms with Crippen molar-refractivity contribution in [1.29, 1.82) is 0 Å². The summed E-state index contributed by atoms with van der Waals surface area (Å²) in [5, 5.41) is -0.594. The van der Waals surface area contributed by atoms with Crippen molar-refractivity contribution in [2.24, 2.45) is 0 Å². The van der Waals surface area contributed by atoms with E-state index in [9.17, 15) is 13.2 Å². The van der Waals surface area contributed by atoms with Crippen LogP contribution in [0.25, 0.3) is 0 Å². The van der Waals surface area contributed by atoms with Crippen LogP contribution in [0.2, 0.25) is 0 Å². The average Bonchev–Trinajstić information content (AvgIpc) is 1.85. The molecule has 0 amide bonds. The molecule has 0 unspecified atom stereocenters. The number of hydrogen-bond acceptors (Lipinski definition) is 5. The second-order valence-corrected chi connectivity index (χ2v) is 5.28. The van der Waals surface area contributed by atoms with Crippen molar-refractivity contribution < 1.29 is 17.4 Å². The zero-order valence-electron chi connectivity index (χ0n) is 6.86. The van der Waals surface area contributed by atoms with Crippen LogP contribution < -0.4 is 0 Å². The zero-order chi connectivity index (χ0) is 9.78. The van der Waals surface area contributed by atoms with E-state index in [0.717, 1.165) is 0 Å². The maximum absolute atomic E-state index is 10.8. The van der Waals surface area contributed by atoms with E-state index in [0.29, 0.717) is 0 Å². The van der Waals surface area contributed by atoms with Crippen molar-refractivity contribution in [2.75, 3.05) is 6.61 Å². The maximum atomic E-state index is 10.8.